The first kappa shape index (κ1) is 19.7. The van der Waals surface area contributed by atoms with Crippen molar-refractivity contribution in [3.05, 3.63) is 71.8 Å². The maximum atomic E-state index is 11.2. The van der Waals surface area contributed by atoms with Gasteiger partial charge in [0.15, 0.2) is 0 Å². The number of carboxylic acids is 2. The van der Waals surface area contributed by atoms with Gasteiger partial charge in [0.25, 0.3) is 0 Å². The standard InChI is InChI=1S/C22H26O4/c23-21(24)15-14-19(17-8-3-1-4-9-17)12-7-13-20(16-22(25)26)18-10-5-2-6-11-18/h1-6,8-11,19-20H,7,12-16H2,(H,23,24)(H,25,26). The molecule has 0 fully saturated rings. The molecule has 0 spiro atoms. The van der Waals surface area contributed by atoms with Gasteiger partial charge in [0.1, 0.15) is 0 Å². The Balaban J connectivity index is 1.99. The predicted octanol–water partition coefficient (Wildman–Crippen LogP) is 5.06. The smallest absolute Gasteiger partial charge is 0.303 e. The van der Waals surface area contributed by atoms with E-state index in [0.29, 0.717) is 6.42 Å². The van der Waals surface area contributed by atoms with Crippen LogP contribution in [0.2, 0.25) is 0 Å². The molecular formula is C22H26O4. The summed E-state index contributed by atoms with van der Waals surface area (Å²) in [7, 11) is 0. The molecule has 0 aliphatic rings. The van der Waals surface area contributed by atoms with Gasteiger partial charge >= 0.3 is 11.9 Å². The number of carboxylic acid groups (broad SMARTS) is 2. The molecule has 138 valence electrons. The Morgan fingerprint density at radius 3 is 1.69 bits per heavy atom. The van der Waals surface area contributed by atoms with Crippen LogP contribution in [-0.2, 0) is 9.59 Å². The summed E-state index contributed by atoms with van der Waals surface area (Å²) in [5.74, 6) is -1.39. The number of rotatable bonds is 11. The third-order valence-corrected chi connectivity index (χ3v) is 4.77. The lowest BCUT2D eigenvalue weighted by Gasteiger charge is -2.19. The fourth-order valence-corrected chi connectivity index (χ4v) is 3.43. The lowest BCUT2D eigenvalue weighted by Crippen LogP contribution is -2.08. The first-order valence-electron chi connectivity index (χ1n) is 9.09. The molecule has 0 bridgehead atoms. The van der Waals surface area contributed by atoms with Crippen LogP contribution < -0.4 is 0 Å². The molecule has 2 aromatic carbocycles. The van der Waals surface area contributed by atoms with Gasteiger partial charge in [-0.15, -0.1) is 0 Å². The molecule has 0 aliphatic heterocycles. The van der Waals surface area contributed by atoms with Crippen LogP contribution in [0.15, 0.2) is 60.7 Å². The van der Waals surface area contributed by atoms with E-state index in [-0.39, 0.29) is 24.7 Å². The largest absolute Gasteiger partial charge is 0.481 e. The van der Waals surface area contributed by atoms with Crippen LogP contribution >= 0.6 is 0 Å². The topological polar surface area (TPSA) is 74.6 Å². The Morgan fingerprint density at radius 1 is 0.692 bits per heavy atom. The summed E-state index contributed by atoms with van der Waals surface area (Å²) >= 11 is 0. The minimum Gasteiger partial charge on any atom is -0.481 e. The van der Waals surface area contributed by atoms with Gasteiger partial charge in [0.05, 0.1) is 6.42 Å². The van der Waals surface area contributed by atoms with Gasteiger partial charge in [-0.2, -0.15) is 0 Å². The lowest BCUT2D eigenvalue weighted by atomic mass is 9.85. The first-order valence-corrected chi connectivity index (χ1v) is 9.09. The van der Waals surface area contributed by atoms with E-state index in [0.717, 1.165) is 30.4 Å². The Hall–Kier alpha value is -2.62. The van der Waals surface area contributed by atoms with Crippen molar-refractivity contribution in [2.24, 2.45) is 0 Å². The summed E-state index contributed by atoms with van der Waals surface area (Å²) in [5, 5.41) is 18.2. The second-order valence-corrected chi connectivity index (χ2v) is 6.68. The zero-order valence-corrected chi connectivity index (χ0v) is 14.9. The van der Waals surface area contributed by atoms with Crippen molar-refractivity contribution in [2.45, 2.75) is 50.4 Å². The number of aliphatic carboxylic acids is 2. The SMILES string of the molecule is O=C(O)CCC(CCCC(CC(=O)O)c1ccccc1)c1ccccc1. The minimum absolute atomic E-state index is 0.00963. The van der Waals surface area contributed by atoms with Crippen molar-refractivity contribution in [2.75, 3.05) is 0 Å². The molecule has 2 rings (SSSR count). The highest BCUT2D eigenvalue weighted by Gasteiger charge is 2.18. The second-order valence-electron chi connectivity index (χ2n) is 6.68. The van der Waals surface area contributed by atoms with E-state index in [2.05, 4.69) is 0 Å². The molecule has 2 unspecified atom stereocenters. The molecule has 4 heteroatoms. The highest BCUT2D eigenvalue weighted by atomic mass is 16.4. The third-order valence-electron chi connectivity index (χ3n) is 4.77. The van der Waals surface area contributed by atoms with Gasteiger partial charge < -0.3 is 10.2 Å². The van der Waals surface area contributed by atoms with Crippen LogP contribution in [0, 0.1) is 0 Å². The molecule has 0 aromatic heterocycles. The molecule has 2 atom stereocenters. The zero-order valence-electron chi connectivity index (χ0n) is 14.9. The van der Waals surface area contributed by atoms with E-state index < -0.39 is 11.9 Å². The van der Waals surface area contributed by atoms with E-state index in [9.17, 15) is 14.7 Å². The normalized spacial score (nSPS) is 13.1. The van der Waals surface area contributed by atoms with Crippen LogP contribution in [0.4, 0.5) is 0 Å². The van der Waals surface area contributed by atoms with E-state index in [1.54, 1.807) is 0 Å². The third kappa shape index (κ3) is 6.71. The molecule has 0 saturated heterocycles. The van der Waals surface area contributed by atoms with Crippen molar-refractivity contribution in [1.29, 1.82) is 0 Å². The van der Waals surface area contributed by atoms with Gasteiger partial charge in [-0.3, -0.25) is 9.59 Å². The molecule has 0 heterocycles. The zero-order chi connectivity index (χ0) is 18.8. The van der Waals surface area contributed by atoms with Gasteiger partial charge in [0, 0.05) is 6.42 Å². The molecule has 0 aliphatic carbocycles. The van der Waals surface area contributed by atoms with Gasteiger partial charge in [-0.1, -0.05) is 67.1 Å². The van der Waals surface area contributed by atoms with Gasteiger partial charge in [-0.05, 0) is 42.2 Å². The van der Waals surface area contributed by atoms with E-state index >= 15 is 0 Å². The number of benzene rings is 2. The fourth-order valence-electron chi connectivity index (χ4n) is 3.43. The first-order chi connectivity index (χ1) is 12.6. The fraction of sp³-hybridized carbons (Fsp3) is 0.364. The summed E-state index contributed by atoms with van der Waals surface area (Å²) in [4.78, 5) is 22.2. The average Bonchev–Trinajstić information content (AvgIpc) is 2.64. The average molecular weight is 354 g/mol. The monoisotopic (exact) mass is 354 g/mol. The summed E-state index contributed by atoms with van der Waals surface area (Å²) in [6.07, 6.45) is 3.39. The predicted molar refractivity (Wildman–Crippen MR) is 101 cm³/mol. The van der Waals surface area contributed by atoms with E-state index in [1.807, 2.05) is 60.7 Å². The lowest BCUT2D eigenvalue weighted by molar-refractivity contribution is -0.138. The Bertz CT molecular complexity index is 682. The summed E-state index contributed by atoms with van der Waals surface area (Å²) in [5.41, 5.74) is 2.21. The van der Waals surface area contributed by atoms with Gasteiger partial charge in [-0.25, -0.2) is 0 Å². The van der Waals surface area contributed by atoms with Gasteiger partial charge in [0.2, 0.25) is 0 Å². The molecule has 26 heavy (non-hydrogen) atoms. The van der Waals surface area contributed by atoms with Crippen LogP contribution in [0.5, 0.6) is 0 Å². The Labute approximate surface area is 154 Å². The second kappa shape index (κ2) is 10.4. The van der Waals surface area contributed by atoms with Crippen molar-refractivity contribution < 1.29 is 19.8 Å². The maximum Gasteiger partial charge on any atom is 0.303 e. The Morgan fingerprint density at radius 2 is 1.19 bits per heavy atom. The molecule has 2 N–H and O–H groups in total. The molecule has 2 aromatic rings. The Kier molecular flexibility index (Phi) is 7.87. The number of hydrogen-bond acceptors (Lipinski definition) is 2. The van der Waals surface area contributed by atoms with Crippen LogP contribution in [0.25, 0.3) is 0 Å². The van der Waals surface area contributed by atoms with E-state index in [1.165, 1.54) is 0 Å². The van der Waals surface area contributed by atoms with Crippen molar-refractivity contribution in [3.63, 3.8) is 0 Å². The van der Waals surface area contributed by atoms with E-state index in [4.69, 9.17) is 5.11 Å². The molecular weight excluding hydrogens is 328 g/mol. The quantitative estimate of drug-likeness (QED) is 0.591. The molecule has 4 nitrogen and oxygen atoms in total. The summed E-state index contributed by atoms with van der Waals surface area (Å²) in [6.45, 7) is 0. The van der Waals surface area contributed by atoms with Crippen molar-refractivity contribution in [1.82, 2.24) is 0 Å². The number of hydrogen-bond donors (Lipinski definition) is 2. The molecule has 0 saturated carbocycles. The van der Waals surface area contributed by atoms with Crippen molar-refractivity contribution in [3.8, 4) is 0 Å². The highest BCUT2D eigenvalue weighted by Crippen LogP contribution is 2.31. The number of carbonyl (C=O) groups is 2. The van der Waals surface area contributed by atoms with Crippen LogP contribution in [0.1, 0.15) is 61.5 Å². The highest BCUT2D eigenvalue weighted by molar-refractivity contribution is 5.68. The minimum atomic E-state index is -0.788. The summed E-state index contributed by atoms with van der Waals surface area (Å²) in [6, 6.07) is 19.7. The van der Waals surface area contributed by atoms with Crippen molar-refractivity contribution >= 4 is 11.9 Å². The van der Waals surface area contributed by atoms with Crippen LogP contribution in [0.3, 0.4) is 0 Å². The molecule has 0 amide bonds. The maximum absolute atomic E-state index is 11.2. The summed E-state index contributed by atoms with van der Waals surface area (Å²) < 4.78 is 0. The van der Waals surface area contributed by atoms with Crippen LogP contribution in [-0.4, -0.2) is 22.2 Å². The molecule has 0 radical (unpaired) electrons.